The molecule has 3 heteroatoms. The Morgan fingerprint density at radius 3 is 2.85 bits per heavy atom. The Morgan fingerprint density at radius 1 is 1.23 bits per heavy atom. The number of pyridine rings is 1. The Hall–Kier alpha value is -0.960. The molecule has 2 rings (SSSR count). The topological polar surface area (TPSA) is 12.9 Å². The van der Waals surface area contributed by atoms with Gasteiger partial charge in [-0.05, 0) is 23.6 Å². The van der Waals surface area contributed by atoms with E-state index < -0.39 is 6.67 Å². The van der Waals surface area contributed by atoms with E-state index in [9.17, 15) is 4.39 Å². The molecule has 0 amide bonds. The van der Waals surface area contributed by atoms with Gasteiger partial charge < -0.3 is 0 Å². The molecule has 1 nitrogen and oxygen atoms in total. The fourth-order valence-corrected chi connectivity index (χ4v) is 1.61. The highest BCUT2D eigenvalue weighted by Gasteiger charge is 1.97. The number of hydrogen-bond acceptors (Lipinski definition) is 1. The van der Waals surface area contributed by atoms with E-state index in [1.807, 2.05) is 18.2 Å². The average molecular weight is 240 g/mol. The molecule has 0 saturated heterocycles. The molecule has 2 aromatic rings. The molecular formula is C10H7BrFN. The first-order chi connectivity index (χ1) is 6.29. The maximum Gasteiger partial charge on any atom is 0.131 e. The van der Waals surface area contributed by atoms with Crippen LogP contribution in [0.2, 0.25) is 0 Å². The summed E-state index contributed by atoms with van der Waals surface area (Å²) in [6.45, 7) is -0.508. The molecule has 0 aliphatic heterocycles. The smallest absolute Gasteiger partial charge is 0.131 e. The largest absolute Gasteiger partial charge is 0.258 e. The zero-order valence-electron chi connectivity index (χ0n) is 6.80. The van der Waals surface area contributed by atoms with E-state index in [0.717, 1.165) is 15.2 Å². The van der Waals surface area contributed by atoms with Crippen molar-refractivity contribution in [2.45, 2.75) is 6.67 Å². The van der Waals surface area contributed by atoms with Crippen LogP contribution in [-0.4, -0.2) is 4.98 Å². The van der Waals surface area contributed by atoms with E-state index >= 15 is 0 Å². The van der Waals surface area contributed by atoms with E-state index in [1.54, 1.807) is 12.3 Å². The Balaban J connectivity index is 2.66. The number of nitrogens with zero attached hydrogens (tertiary/aromatic N) is 1. The number of benzene rings is 1. The summed E-state index contributed by atoms with van der Waals surface area (Å²) in [7, 11) is 0. The molecule has 13 heavy (non-hydrogen) atoms. The third kappa shape index (κ3) is 1.70. The average Bonchev–Trinajstić information content (AvgIpc) is 2.17. The standard InChI is InChI=1S/C10H7BrFN/c11-9-2-1-7-4-10(5-12)13-6-8(7)3-9/h1-4,6H,5H2. The predicted molar refractivity (Wildman–Crippen MR) is 54.3 cm³/mol. The van der Waals surface area contributed by atoms with Crippen LogP contribution in [-0.2, 0) is 6.67 Å². The predicted octanol–water partition coefficient (Wildman–Crippen LogP) is 3.47. The van der Waals surface area contributed by atoms with Gasteiger partial charge in [0.25, 0.3) is 0 Å². The van der Waals surface area contributed by atoms with Gasteiger partial charge in [0.05, 0.1) is 5.69 Å². The molecule has 0 radical (unpaired) electrons. The normalized spacial score (nSPS) is 10.6. The van der Waals surface area contributed by atoms with Gasteiger partial charge in [-0.25, -0.2) is 4.39 Å². The van der Waals surface area contributed by atoms with E-state index in [1.165, 1.54) is 0 Å². The van der Waals surface area contributed by atoms with Gasteiger partial charge in [0.15, 0.2) is 0 Å². The van der Waals surface area contributed by atoms with Gasteiger partial charge in [-0.1, -0.05) is 22.0 Å². The molecule has 0 fully saturated rings. The number of halogens is 2. The van der Waals surface area contributed by atoms with Crippen molar-refractivity contribution in [3.8, 4) is 0 Å². The molecule has 1 heterocycles. The number of fused-ring (bicyclic) bond motifs is 1. The second-order valence-corrected chi connectivity index (χ2v) is 3.72. The lowest BCUT2D eigenvalue weighted by Crippen LogP contribution is -1.84. The Bertz CT molecular complexity index is 442. The minimum Gasteiger partial charge on any atom is -0.258 e. The van der Waals surface area contributed by atoms with Crippen molar-refractivity contribution in [3.05, 3.63) is 40.6 Å². The minimum absolute atomic E-state index is 0.481. The van der Waals surface area contributed by atoms with Crippen LogP contribution >= 0.6 is 15.9 Å². The zero-order chi connectivity index (χ0) is 9.26. The van der Waals surface area contributed by atoms with Crippen LogP contribution in [0.5, 0.6) is 0 Å². The van der Waals surface area contributed by atoms with Crippen LogP contribution in [0.4, 0.5) is 4.39 Å². The number of alkyl halides is 1. The molecule has 0 aliphatic rings. The van der Waals surface area contributed by atoms with Crippen molar-refractivity contribution in [2.24, 2.45) is 0 Å². The summed E-state index contributed by atoms with van der Waals surface area (Å²) in [5.74, 6) is 0. The second kappa shape index (κ2) is 3.42. The van der Waals surface area contributed by atoms with Crippen LogP contribution in [0, 0.1) is 0 Å². The van der Waals surface area contributed by atoms with Crippen LogP contribution in [0.25, 0.3) is 10.8 Å². The maximum absolute atomic E-state index is 12.3. The number of hydrogen-bond donors (Lipinski definition) is 0. The summed E-state index contributed by atoms with van der Waals surface area (Å²) < 4.78 is 13.3. The first-order valence-electron chi connectivity index (χ1n) is 3.90. The summed E-state index contributed by atoms with van der Waals surface area (Å²) in [6, 6.07) is 7.61. The summed E-state index contributed by atoms with van der Waals surface area (Å²) in [6.07, 6.45) is 1.69. The van der Waals surface area contributed by atoms with E-state index in [-0.39, 0.29) is 0 Å². The molecule has 0 N–H and O–H groups in total. The van der Waals surface area contributed by atoms with Crippen molar-refractivity contribution in [1.29, 1.82) is 0 Å². The first-order valence-corrected chi connectivity index (χ1v) is 4.69. The molecule has 1 aromatic carbocycles. The van der Waals surface area contributed by atoms with Gasteiger partial charge in [-0.15, -0.1) is 0 Å². The molecule has 0 unspecified atom stereocenters. The summed E-state index contributed by atoms with van der Waals surface area (Å²) >= 11 is 3.37. The fourth-order valence-electron chi connectivity index (χ4n) is 1.23. The first kappa shape index (κ1) is 8.63. The molecule has 0 bridgehead atoms. The maximum atomic E-state index is 12.3. The van der Waals surface area contributed by atoms with Gasteiger partial charge in [0.2, 0.25) is 0 Å². The Labute approximate surface area is 83.7 Å². The summed E-state index contributed by atoms with van der Waals surface area (Å²) in [5, 5.41) is 2.04. The molecule has 0 aliphatic carbocycles. The lowest BCUT2D eigenvalue weighted by Gasteiger charge is -1.99. The highest BCUT2D eigenvalue weighted by atomic mass is 79.9. The number of rotatable bonds is 1. The molecule has 0 spiro atoms. The van der Waals surface area contributed by atoms with E-state index in [4.69, 9.17) is 0 Å². The van der Waals surface area contributed by atoms with Crippen molar-refractivity contribution >= 4 is 26.7 Å². The van der Waals surface area contributed by atoms with Crippen LogP contribution in [0.1, 0.15) is 5.69 Å². The molecular weight excluding hydrogens is 233 g/mol. The van der Waals surface area contributed by atoms with Crippen molar-refractivity contribution in [2.75, 3.05) is 0 Å². The lowest BCUT2D eigenvalue weighted by molar-refractivity contribution is 0.476. The van der Waals surface area contributed by atoms with Crippen molar-refractivity contribution in [3.63, 3.8) is 0 Å². The minimum atomic E-state index is -0.508. The second-order valence-electron chi connectivity index (χ2n) is 2.80. The molecule has 0 atom stereocenters. The van der Waals surface area contributed by atoms with Gasteiger partial charge >= 0.3 is 0 Å². The van der Waals surface area contributed by atoms with E-state index in [0.29, 0.717) is 5.69 Å². The van der Waals surface area contributed by atoms with Gasteiger partial charge in [-0.3, -0.25) is 4.98 Å². The summed E-state index contributed by atoms with van der Waals surface area (Å²) in [4.78, 5) is 3.97. The van der Waals surface area contributed by atoms with Crippen LogP contribution < -0.4 is 0 Å². The highest BCUT2D eigenvalue weighted by molar-refractivity contribution is 9.10. The zero-order valence-corrected chi connectivity index (χ0v) is 8.38. The number of aromatic nitrogens is 1. The fraction of sp³-hybridized carbons (Fsp3) is 0.100. The third-order valence-corrected chi connectivity index (χ3v) is 2.37. The van der Waals surface area contributed by atoms with E-state index in [2.05, 4.69) is 20.9 Å². The highest BCUT2D eigenvalue weighted by Crippen LogP contribution is 2.19. The van der Waals surface area contributed by atoms with Gasteiger partial charge in [0, 0.05) is 16.1 Å². The molecule has 66 valence electrons. The Morgan fingerprint density at radius 2 is 2.08 bits per heavy atom. The molecule has 1 aromatic heterocycles. The van der Waals surface area contributed by atoms with Gasteiger partial charge in [0.1, 0.15) is 6.67 Å². The third-order valence-electron chi connectivity index (χ3n) is 1.88. The van der Waals surface area contributed by atoms with Gasteiger partial charge in [-0.2, -0.15) is 0 Å². The quantitative estimate of drug-likeness (QED) is 0.743. The van der Waals surface area contributed by atoms with Crippen LogP contribution in [0.3, 0.4) is 0 Å². The Kier molecular flexibility index (Phi) is 2.27. The monoisotopic (exact) mass is 239 g/mol. The van der Waals surface area contributed by atoms with Crippen molar-refractivity contribution in [1.82, 2.24) is 4.98 Å². The molecule has 0 saturated carbocycles. The summed E-state index contributed by atoms with van der Waals surface area (Å²) in [5.41, 5.74) is 0.481. The van der Waals surface area contributed by atoms with Crippen molar-refractivity contribution < 1.29 is 4.39 Å². The van der Waals surface area contributed by atoms with Crippen LogP contribution in [0.15, 0.2) is 34.9 Å². The SMILES string of the molecule is FCc1cc2ccc(Br)cc2cn1. The lowest BCUT2D eigenvalue weighted by atomic mass is 10.1.